The van der Waals surface area contributed by atoms with Crippen LogP contribution < -0.4 is 33.4 Å². The first-order valence-electron chi connectivity index (χ1n) is 10.7. The molecule has 0 radical (unpaired) electrons. The molecule has 0 fully saturated rings. The fourth-order valence-corrected chi connectivity index (χ4v) is 3.91. The van der Waals surface area contributed by atoms with Gasteiger partial charge < -0.3 is 14.6 Å². The quantitative estimate of drug-likeness (QED) is 0.430. The number of fused-ring (bicyclic) bond motifs is 1. The molecule has 0 heterocycles. The normalized spacial score (nSPS) is 17.2. The van der Waals surface area contributed by atoms with E-state index in [0.717, 1.165) is 28.0 Å². The first kappa shape index (κ1) is 25.9. The molecule has 164 valence electrons. The van der Waals surface area contributed by atoms with E-state index in [4.69, 9.17) is 9.47 Å². The summed E-state index contributed by atoms with van der Waals surface area (Å²) < 4.78 is 11.8. The van der Waals surface area contributed by atoms with Gasteiger partial charge in [-0.3, -0.25) is 0 Å². The Kier molecular flexibility index (Phi) is 7.82. The Morgan fingerprint density at radius 2 is 1.56 bits per heavy atom. The number of hydrogen-bond donors (Lipinski definition) is 0. The molecule has 0 aromatic heterocycles. The maximum atomic E-state index is 13.6. The molecule has 3 rings (SSSR count). The van der Waals surface area contributed by atoms with Gasteiger partial charge in [0.2, 0.25) is 0 Å². The predicted octanol–water partition coefficient (Wildman–Crippen LogP) is 3.23. The molecule has 32 heavy (non-hydrogen) atoms. The second-order valence-electron chi connectivity index (χ2n) is 10.1. The molecule has 0 N–H and O–H groups in total. The minimum absolute atomic E-state index is 0. The van der Waals surface area contributed by atoms with E-state index in [0.29, 0.717) is 11.3 Å². The number of benzene rings is 2. The first-order valence-corrected chi connectivity index (χ1v) is 10.7. The van der Waals surface area contributed by atoms with Gasteiger partial charge in [-0.1, -0.05) is 84.0 Å². The fourth-order valence-electron chi connectivity index (χ4n) is 3.91. The molecule has 4 heteroatoms. The summed E-state index contributed by atoms with van der Waals surface area (Å²) in [6.45, 7) is 16.6. The van der Waals surface area contributed by atoms with E-state index in [9.17, 15) is 5.11 Å². The van der Waals surface area contributed by atoms with Gasteiger partial charge in [-0.2, -0.15) is 0 Å². The molecule has 2 aromatic carbocycles. The molecule has 0 saturated heterocycles. The van der Waals surface area contributed by atoms with Crippen LogP contribution in [0.25, 0.3) is 11.6 Å². The molecule has 1 atom stereocenters. The van der Waals surface area contributed by atoms with E-state index >= 15 is 0 Å². The second-order valence-corrected chi connectivity index (χ2v) is 10.1. The van der Waals surface area contributed by atoms with E-state index < -0.39 is 0 Å². The molecule has 2 aromatic rings. The van der Waals surface area contributed by atoms with Crippen LogP contribution in [0.4, 0.5) is 0 Å². The van der Waals surface area contributed by atoms with Crippen LogP contribution in [0.5, 0.6) is 11.5 Å². The van der Waals surface area contributed by atoms with Crippen molar-refractivity contribution in [1.82, 2.24) is 0 Å². The largest absolute Gasteiger partial charge is 1.00 e. The second kappa shape index (κ2) is 9.65. The maximum Gasteiger partial charge on any atom is 1.00 e. The number of allylic oxidation sites excluding steroid dienone is 3. The smallest absolute Gasteiger partial charge is 0.579 e. The Balaban J connectivity index is 0.00000363. The minimum atomic E-state index is -0.345. The van der Waals surface area contributed by atoms with Crippen molar-refractivity contribution in [3.63, 3.8) is 0 Å². The van der Waals surface area contributed by atoms with Gasteiger partial charge in [-0.25, -0.2) is 0 Å². The van der Waals surface area contributed by atoms with E-state index in [1.807, 2.05) is 48.6 Å². The summed E-state index contributed by atoms with van der Waals surface area (Å²) in [4.78, 5) is 0. The van der Waals surface area contributed by atoms with Crippen LogP contribution in [0.15, 0.2) is 61.1 Å². The monoisotopic (exact) mass is 424 g/mol. The average molecular weight is 425 g/mol. The Labute approximate surface area is 205 Å². The topological polar surface area (TPSA) is 41.5 Å². The number of ether oxygens (including phenoxy) is 2. The van der Waals surface area contributed by atoms with Gasteiger partial charge in [0, 0.05) is 11.7 Å². The summed E-state index contributed by atoms with van der Waals surface area (Å²) in [6, 6.07) is 11.8. The Morgan fingerprint density at radius 1 is 1.00 bits per heavy atom. The maximum absolute atomic E-state index is 13.6. The molecular weight excluding hydrogens is 391 g/mol. The number of methoxy groups -OCH3 is 1. The number of hydrogen-bond acceptors (Lipinski definition) is 3. The van der Waals surface area contributed by atoms with Gasteiger partial charge in [-0.15, -0.1) is 6.58 Å². The average Bonchev–Trinajstić information content (AvgIpc) is 2.71. The van der Waals surface area contributed by atoms with Gasteiger partial charge in [0.15, 0.2) is 0 Å². The molecular formula is C28H33LiO3. The Bertz CT molecular complexity index is 1010. The zero-order chi connectivity index (χ0) is 23.0. The summed E-state index contributed by atoms with van der Waals surface area (Å²) in [5.74, 6) is 0.838. The van der Waals surface area contributed by atoms with Crippen LogP contribution in [0, 0.1) is 5.92 Å². The van der Waals surface area contributed by atoms with E-state index in [1.165, 1.54) is 0 Å². The van der Waals surface area contributed by atoms with Crippen LogP contribution in [0.1, 0.15) is 63.8 Å². The van der Waals surface area contributed by atoms with E-state index in [-0.39, 0.29) is 41.6 Å². The third kappa shape index (κ3) is 5.17. The van der Waals surface area contributed by atoms with Crippen LogP contribution >= 0.6 is 0 Å². The molecule has 0 unspecified atom stereocenters. The van der Waals surface area contributed by atoms with Crippen LogP contribution in [-0.2, 0) is 10.8 Å². The van der Waals surface area contributed by atoms with Crippen molar-refractivity contribution in [2.45, 2.75) is 52.4 Å². The molecule has 3 nitrogen and oxygen atoms in total. The van der Waals surface area contributed by atoms with Crippen molar-refractivity contribution in [3.05, 3.63) is 83.3 Å². The van der Waals surface area contributed by atoms with Crippen LogP contribution in [0.2, 0.25) is 0 Å². The molecule has 1 aliphatic carbocycles. The van der Waals surface area contributed by atoms with Crippen molar-refractivity contribution in [2.75, 3.05) is 7.11 Å². The molecule has 0 saturated carbocycles. The van der Waals surface area contributed by atoms with Gasteiger partial charge in [0.1, 0.15) is 5.75 Å². The zero-order valence-corrected chi connectivity index (χ0v) is 20.7. The predicted molar refractivity (Wildman–Crippen MR) is 127 cm³/mol. The summed E-state index contributed by atoms with van der Waals surface area (Å²) >= 11 is 0. The van der Waals surface area contributed by atoms with Gasteiger partial charge in [-0.05, 0) is 50.8 Å². The fraction of sp³-hybridized carbons (Fsp3) is 0.357. The van der Waals surface area contributed by atoms with Gasteiger partial charge in [0.25, 0.3) is 0 Å². The summed E-state index contributed by atoms with van der Waals surface area (Å²) in [7, 11) is 1.66. The summed E-state index contributed by atoms with van der Waals surface area (Å²) in [6.07, 6.45) is 5.81. The summed E-state index contributed by atoms with van der Waals surface area (Å²) in [5.41, 5.74) is 3.93. The zero-order valence-electron chi connectivity index (χ0n) is 20.7. The van der Waals surface area contributed by atoms with Gasteiger partial charge in [0.05, 0.1) is 13.1 Å². The number of rotatable bonds is 4. The Morgan fingerprint density at radius 3 is 2.06 bits per heavy atom. The summed E-state index contributed by atoms with van der Waals surface area (Å²) in [5, 5.41) is 13.6. The van der Waals surface area contributed by atoms with Crippen molar-refractivity contribution in [3.8, 4) is 11.5 Å². The van der Waals surface area contributed by atoms with Crippen LogP contribution in [-0.4, -0.2) is 7.11 Å². The van der Waals surface area contributed by atoms with E-state index in [2.05, 4.69) is 48.1 Å². The molecule has 0 aliphatic heterocycles. The van der Waals surface area contributed by atoms with Crippen molar-refractivity contribution >= 4 is 11.6 Å². The molecule has 0 spiro atoms. The molecule has 1 aliphatic rings. The minimum Gasteiger partial charge on any atom is -0.579 e. The van der Waals surface area contributed by atoms with Crippen molar-refractivity contribution < 1.29 is 33.4 Å². The third-order valence-electron chi connectivity index (χ3n) is 5.65. The standard InChI is InChI=1S/C28H34O3.Li/c1-9-18-14-15-19-12-10-11-13-21(19)24(18)26(29)31-25-22(27(2,3)4)16-20(30-8)17-23(25)28(5,6)7;/h9-18,29H,1H2,2-8H3;/q;+1/p-1/b26-24-;/t18-;/m0./s1. The first-order chi connectivity index (χ1) is 14.5. The molecule has 0 amide bonds. The SMILES string of the molecule is C=C[C@H]1C=Cc2ccccc2/C1=C(/[O-])Oc1c(C(C)(C)C)cc(OC)cc1C(C)(C)C.[Li+]. The third-order valence-corrected chi connectivity index (χ3v) is 5.65. The van der Waals surface area contributed by atoms with Crippen molar-refractivity contribution in [1.29, 1.82) is 0 Å². The Hall–Kier alpha value is -2.34. The van der Waals surface area contributed by atoms with Crippen molar-refractivity contribution in [2.24, 2.45) is 5.92 Å². The molecule has 0 bridgehead atoms. The van der Waals surface area contributed by atoms with Crippen LogP contribution in [0.3, 0.4) is 0 Å². The van der Waals surface area contributed by atoms with Gasteiger partial charge >= 0.3 is 18.9 Å². The van der Waals surface area contributed by atoms with E-state index in [1.54, 1.807) is 13.2 Å².